The Morgan fingerprint density at radius 1 is 1.41 bits per heavy atom. The molecule has 4 nitrogen and oxygen atoms in total. The number of nitrogen functional groups attached to an aromatic ring is 1. The number of nitrogens with two attached hydrogens (primary N) is 1. The summed E-state index contributed by atoms with van der Waals surface area (Å²) < 4.78 is 24.8. The molecule has 1 aromatic rings. The number of hydrogen-bond acceptors (Lipinski definition) is 4. The predicted molar refractivity (Wildman–Crippen MR) is 71.5 cm³/mol. The van der Waals surface area contributed by atoms with Crippen molar-refractivity contribution in [1.82, 2.24) is 0 Å². The van der Waals surface area contributed by atoms with Gasteiger partial charge in [0.1, 0.15) is 0 Å². The Kier molecular flexibility index (Phi) is 4.57. The molecular formula is C11H16BrNO3S. The van der Waals surface area contributed by atoms with Crippen LogP contribution in [-0.2, 0) is 9.84 Å². The third kappa shape index (κ3) is 3.69. The molecule has 0 fully saturated rings. The Morgan fingerprint density at radius 2 is 2.00 bits per heavy atom. The van der Waals surface area contributed by atoms with E-state index in [4.69, 9.17) is 5.73 Å². The molecule has 0 aliphatic heterocycles. The average molecular weight is 322 g/mol. The molecule has 0 amide bonds. The molecule has 3 N–H and O–H groups in total. The van der Waals surface area contributed by atoms with Crippen molar-refractivity contribution < 1.29 is 13.5 Å². The molecule has 0 heterocycles. The number of rotatable bonds is 4. The second kappa shape index (κ2) is 5.37. The third-order valence-corrected chi connectivity index (χ3v) is 4.77. The fourth-order valence-electron chi connectivity index (χ4n) is 1.28. The van der Waals surface area contributed by atoms with Crippen LogP contribution < -0.4 is 5.73 Å². The molecule has 0 aromatic heterocycles. The van der Waals surface area contributed by atoms with Crippen LogP contribution in [-0.4, -0.2) is 25.4 Å². The minimum atomic E-state index is -3.56. The first-order valence-electron chi connectivity index (χ1n) is 5.20. The Labute approximate surface area is 110 Å². The van der Waals surface area contributed by atoms with E-state index in [-0.39, 0.29) is 22.3 Å². The first-order valence-corrected chi connectivity index (χ1v) is 7.64. The zero-order valence-corrected chi connectivity index (χ0v) is 12.1. The third-order valence-electron chi connectivity index (χ3n) is 2.47. The van der Waals surface area contributed by atoms with Gasteiger partial charge >= 0.3 is 0 Å². The number of aliphatic hydroxyl groups excluding tert-OH is 1. The van der Waals surface area contributed by atoms with E-state index >= 15 is 0 Å². The van der Waals surface area contributed by atoms with E-state index in [1.54, 1.807) is 19.9 Å². The van der Waals surface area contributed by atoms with Crippen LogP contribution in [0.5, 0.6) is 0 Å². The largest absolute Gasteiger partial charge is 0.398 e. The number of hydrogen-bond donors (Lipinski definition) is 2. The van der Waals surface area contributed by atoms with Crippen LogP contribution in [0.15, 0.2) is 27.6 Å². The summed E-state index contributed by atoms with van der Waals surface area (Å²) in [6.07, 6.45) is -0.890. The minimum Gasteiger partial charge on any atom is -0.398 e. The second-order valence-corrected chi connectivity index (χ2v) is 7.19. The summed E-state index contributed by atoms with van der Waals surface area (Å²) in [4.78, 5) is 0.0616. The standard InChI is InChI=1S/C11H16BrNO3S/c1-7(2)10(14)6-17(15,16)11-5-8(12)3-4-9(11)13/h3-5,7,10,14H,6,13H2,1-2H3. The highest BCUT2D eigenvalue weighted by molar-refractivity contribution is 9.10. The topological polar surface area (TPSA) is 80.4 Å². The molecule has 1 rings (SSSR count). The van der Waals surface area contributed by atoms with E-state index in [9.17, 15) is 13.5 Å². The molecule has 1 aromatic carbocycles. The Hall–Kier alpha value is -0.590. The van der Waals surface area contributed by atoms with Crippen molar-refractivity contribution in [3.63, 3.8) is 0 Å². The van der Waals surface area contributed by atoms with Gasteiger partial charge in [0.05, 0.1) is 22.4 Å². The van der Waals surface area contributed by atoms with Gasteiger partial charge in [-0.25, -0.2) is 8.42 Å². The van der Waals surface area contributed by atoms with Crippen molar-refractivity contribution in [3.8, 4) is 0 Å². The summed E-state index contributed by atoms with van der Waals surface area (Å²) in [5.41, 5.74) is 5.84. The lowest BCUT2D eigenvalue weighted by Gasteiger charge is -2.15. The van der Waals surface area contributed by atoms with E-state index < -0.39 is 15.9 Å². The molecule has 0 saturated heterocycles. The van der Waals surface area contributed by atoms with Crippen LogP contribution in [0, 0.1) is 5.92 Å². The molecule has 0 spiro atoms. The lowest BCUT2D eigenvalue weighted by molar-refractivity contribution is 0.147. The van der Waals surface area contributed by atoms with Crippen molar-refractivity contribution in [1.29, 1.82) is 0 Å². The van der Waals surface area contributed by atoms with Crippen molar-refractivity contribution in [3.05, 3.63) is 22.7 Å². The molecule has 1 atom stereocenters. The van der Waals surface area contributed by atoms with Crippen molar-refractivity contribution in [2.75, 3.05) is 11.5 Å². The number of sulfone groups is 1. The number of anilines is 1. The molecule has 96 valence electrons. The van der Waals surface area contributed by atoms with E-state index in [1.807, 2.05) is 0 Å². The van der Waals surface area contributed by atoms with Crippen molar-refractivity contribution >= 4 is 31.5 Å². The molecule has 1 unspecified atom stereocenters. The van der Waals surface area contributed by atoms with Gasteiger partial charge in [-0.1, -0.05) is 29.8 Å². The summed E-state index contributed by atoms with van der Waals surface area (Å²) >= 11 is 3.20. The Morgan fingerprint density at radius 3 is 2.53 bits per heavy atom. The summed E-state index contributed by atoms with van der Waals surface area (Å²) in [5.74, 6) is -0.427. The van der Waals surface area contributed by atoms with E-state index in [2.05, 4.69) is 15.9 Å². The zero-order valence-electron chi connectivity index (χ0n) is 9.72. The molecular weight excluding hydrogens is 306 g/mol. The number of aliphatic hydroxyl groups is 1. The minimum absolute atomic E-state index is 0.0616. The first-order chi connectivity index (χ1) is 7.74. The van der Waals surface area contributed by atoms with Crippen LogP contribution in [0.2, 0.25) is 0 Å². The predicted octanol–water partition coefficient (Wildman–Crippen LogP) is 1.82. The van der Waals surface area contributed by atoms with Gasteiger partial charge in [-0.05, 0) is 24.1 Å². The number of benzene rings is 1. The molecule has 0 aliphatic rings. The molecule has 0 bridgehead atoms. The molecule has 0 aliphatic carbocycles. The maximum absolute atomic E-state index is 12.1. The van der Waals surface area contributed by atoms with Crippen LogP contribution in [0.1, 0.15) is 13.8 Å². The fraction of sp³-hybridized carbons (Fsp3) is 0.455. The van der Waals surface area contributed by atoms with E-state index in [0.29, 0.717) is 4.47 Å². The number of halogens is 1. The summed E-state index contributed by atoms with van der Waals surface area (Å²) in [6.45, 7) is 3.54. The monoisotopic (exact) mass is 321 g/mol. The first kappa shape index (κ1) is 14.5. The fourth-order valence-corrected chi connectivity index (χ4v) is 3.54. The highest BCUT2D eigenvalue weighted by atomic mass is 79.9. The summed E-state index contributed by atoms with van der Waals surface area (Å²) in [7, 11) is -3.56. The van der Waals surface area contributed by atoms with Crippen LogP contribution in [0.25, 0.3) is 0 Å². The van der Waals surface area contributed by atoms with Gasteiger partial charge in [-0.15, -0.1) is 0 Å². The summed E-state index contributed by atoms with van der Waals surface area (Å²) in [5, 5.41) is 9.65. The van der Waals surface area contributed by atoms with Gasteiger partial charge in [0.25, 0.3) is 0 Å². The van der Waals surface area contributed by atoms with Gasteiger partial charge in [0.15, 0.2) is 9.84 Å². The van der Waals surface area contributed by atoms with Crippen molar-refractivity contribution in [2.24, 2.45) is 5.92 Å². The van der Waals surface area contributed by atoms with Crippen molar-refractivity contribution in [2.45, 2.75) is 24.8 Å². The maximum Gasteiger partial charge on any atom is 0.182 e. The zero-order chi connectivity index (χ0) is 13.2. The molecule has 17 heavy (non-hydrogen) atoms. The SMILES string of the molecule is CC(C)C(O)CS(=O)(=O)c1cc(Br)ccc1N. The van der Waals surface area contributed by atoms with Crippen LogP contribution >= 0.6 is 15.9 Å². The Balaban J connectivity index is 3.09. The van der Waals surface area contributed by atoms with Gasteiger partial charge < -0.3 is 10.8 Å². The maximum atomic E-state index is 12.1. The quantitative estimate of drug-likeness (QED) is 0.829. The lowest BCUT2D eigenvalue weighted by atomic mass is 10.1. The highest BCUT2D eigenvalue weighted by Crippen LogP contribution is 2.25. The second-order valence-electron chi connectivity index (χ2n) is 4.27. The van der Waals surface area contributed by atoms with Gasteiger partial charge in [-0.3, -0.25) is 0 Å². The van der Waals surface area contributed by atoms with Crippen LogP contribution in [0.4, 0.5) is 5.69 Å². The normalized spacial score (nSPS) is 13.9. The van der Waals surface area contributed by atoms with E-state index in [0.717, 1.165) is 0 Å². The van der Waals surface area contributed by atoms with Gasteiger partial charge in [-0.2, -0.15) is 0 Å². The lowest BCUT2D eigenvalue weighted by Crippen LogP contribution is -2.26. The van der Waals surface area contributed by atoms with E-state index in [1.165, 1.54) is 12.1 Å². The van der Waals surface area contributed by atoms with Gasteiger partial charge in [0.2, 0.25) is 0 Å². The molecule has 6 heteroatoms. The molecule has 0 saturated carbocycles. The Bertz CT molecular complexity index is 499. The smallest absolute Gasteiger partial charge is 0.182 e. The molecule has 0 radical (unpaired) electrons. The summed E-state index contributed by atoms with van der Waals surface area (Å²) in [6, 6.07) is 4.66. The van der Waals surface area contributed by atoms with Crippen LogP contribution in [0.3, 0.4) is 0 Å². The van der Waals surface area contributed by atoms with Gasteiger partial charge in [0, 0.05) is 4.47 Å². The average Bonchev–Trinajstić information content (AvgIpc) is 2.20. The highest BCUT2D eigenvalue weighted by Gasteiger charge is 2.23.